The molecule has 1 aromatic heterocycles. The van der Waals surface area contributed by atoms with Crippen LogP contribution in [-0.4, -0.2) is 30.0 Å². The molecule has 1 aromatic rings. The average molecular weight is 251 g/mol. The highest BCUT2D eigenvalue weighted by atomic mass is 16.5. The van der Waals surface area contributed by atoms with Crippen molar-refractivity contribution in [3.63, 3.8) is 0 Å². The number of hydrogen-bond acceptors (Lipinski definition) is 3. The highest BCUT2D eigenvalue weighted by Gasteiger charge is 2.10. The van der Waals surface area contributed by atoms with E-state index >= 15 is 0 Å². The minimum atomic E-state index is 0.340. The van der Waals surface area contributed by atoms with Gasteiger partial charge >= 0.3 is 0 Å². The van der Waals surface area contributed by atoms with Crippen molar-refractivity contribution in [2.75, 3.05) is 20.2 Å². The van der Waals surface area contributed by atoms with Gasteiger partial charge in [0.05, 0.1) is 13.3 Å². The number of nitrogens with zero attached hydrogens (tertiary/aromatic N) is 2. The molecule has 1 rings (SSSR count). The maximum absolute atomic E-state index is 5.32. The van der Waals surface area contributed by atoms with Crippen LogP contribution in [0.2, 0.25) is 0 Å². The lowest BCUT2D eigenvalue weighted by Gasteiger charge is -2.09. The molecule has 0 radical (unpaired) electrons. The minimum Gasteiger partial charge on any atom is -0.493 e. The van der Waals surface area contributed by atoms with E-state index in [0.717, 1.165) is 31.0 Å². The van der Waals surface area contributed by atoms with E-state index in [0.29, 0.717) is 6.04 Å². The Labute approximate surface area is 110 Å². The third-order valence-electron chi connectivity index (χ3n) is 2.70. The number of nitrogens with one attached hydrogen (secondary N) is 1. The largest absolute Gasteiger partial charge is 0.493 e. The molecule has 18 heavy (non-hydrogen) atoms. The zero-order chi connectivity index (χ0) is 13.4. The first-order valence-electron chi connectivity index (χ1n) is 6.69. The minimum absolute atomic E-state index is 0.340. The van der Waals surface area contributed by atoms with Crippen molar-refractivity contribution >= 4 is 6.08 Å². The van der Waals surface area contributed by atoms with Crippen LogP contribution in [0.5, 0.6) is 5.75 Å². The zero-order valence-corrected chi connectivity index (χ0v) is 11.9. The Balaban J connectivity index is 2.58. The third kappa shape index (κ3) is 4.18. The molecule has 4 nitrogen and oxygen atoms in total. The first kappa shape index (κ1) is 14.8. The highest BCUT2D eigenvalue weighted by Crippen LogP contribution is 2.22. The first-order valence-corrected chi connectivity index (χ1v) is 6.69. The normalized spacial score (nSPS) is 11.6. The first-order chi connectivity index (χ1) is 8.70. The Morgan fingerprint density at radius 2 is 2.22 bits per heavy atom. The molecule has 1 N–H and O–H groups in total. The lowest BCUT2D eigenvalue weighted by atomic mass is 10.3. The van der Waals surface area contributed by atoms with Gasteiger partial charge in [0.1, 0.15) is 5.69 Å². The highest BCUT2D eigenvalue weighted by molar-refractivity contribution is 5.53. The van der Waals surface area contributed by atoms with E-state index in [4.69, 9.17) is 4.74 Å². The molecule has 0 aliphatic rings. The van der Waals surface area contributed by atoms with E-state index in [1.54, 1.807) is 13.3 Å². The molecule has 0 bridgehead atoms. The van der Waals surface area contributed by atoms with Crippen molar-refractivity contribution < 1.29 is 4.74 Å². The van der Waals surface area contributed by atoms with Crippen LogP contribution < -0.4 is 10.1 Å². The summed E-state index contributed by atoms with van der Waals surface area (Å²) < 4.78 is 7.30. The van der Waals surface area contributed by atoms with E-state index in [-0.39, 0.29) is 0 Å². The molecule has 1 heterocycles. The van der Waals surface area contributed by atoms with Crippen LogP contribution in [0.3, 0.4) is 0 Å². The SMILES string of the molecule is CCCNCC/C=C/c1c(OC)cnn1C(C)C. The fraction of sp³-hybridized carbons (Fsp3) is 0.643. The van der Waals surface area contributed by atoms with Crippen LogP contribution in [0.1, 0.15) is 45.3 Å². The topological polar surface area (TPSA) is 39.1 Å². The van der Waals surface area contributed by atoms with Gasteiger partial charge in [-0.25, -0.2) is 0 Å². The molecule has 0 unspecified atom stereocenters. The van der Waals surface area contributed by atoms with Gasteiger partial charge in [-0.1, -0.05) is 13.0 Å². The van der Waals surface area contributed by atoms with E-state index in [1.807, 2.05) is 4.68 Å². The van der Waals surface area contributed by atoms with Crippen LogP contribution >= 0.6 is 0 Å². The molecular weight excluding hydrogens is 226 g/mol. The molecule has 102 valence electrons. The van der Waals surface area contributed by atoms with Crippen molar-refractivity contribution in [3.05, 3.63) is 18.0 Å². The Kier molecular flexibility index (Phi) is 6.50. The number of aromatic nitrogens is 2. The molecule has 0 saturated heterocycles. The molecule has 0 aliphatic carbocycles. The van der Waals surface area contributed by atoms with Gasteiger partial charge in [-0.05, 0) is 45.9 Å². The van der Waals surface area contributed by atoms with Crippen LogP contribution in [0, 0.1) is 0 Å². The van der Waals surface area contributed by atoms with Gasteiger partial charge in [-0.3, -0.25) is 4.68 Å². The molecule has 0 aromatic carbocycles. The van der Waals surface area contributed by atoms with Crippen LogP contribution in [0.4, 0.5) is 0 Å². The molecule has 0 atom stereocenters. The van der Waals surface area contributed by atoms with Crippen LogP contribution in [0.25, 0.3) is 6.08 Å². The second kappa shape index (κ2) is 7.93. The van der Waals surface area contributed by atoms with E-state index < -0.39 is 0 Å². The van der Waals surface area contributed by atoms with Gasteiger partial charge < -0.3 is 10.1 Å². The number of hydrogen-bond donors (Lipinski definition) is 1. The average Bonchev–Trinajstić information content (AvgIpc) is 2.76. The number of ether oxygens (including phenoxy) is 1. The quantitative estimate of drug-likeness (QED) is 0.722. The van der Waals surface area contributed by atoms with Gasteiger partial charge in [0, 0.05) is 6.04 Å². The summed E-state index contributed by atoms with van der Waals surface area (Å²) in [4.78, 5) is 0. The summed E-state index contributed by atoms with van der Waals surface area (Å²) in [7, 11) is 1.68. The molecule has 4 heteroatoms. The lowest BCUT2D eigenvalue weighted by molar-refractivity contribution is 0.411. The molecule has 0 spiro atoms. The second-order valence-electron chi connectivity index (χ2n) is 4.58. The summed E-state index contributed by atoms with van der Waals surface area (Å²) in [6.07, 6.45) is 8.24. The van der Waals surface area contributed by atoms with Crippen LogP contribution in [0.15, 0.2) is 12.3 Å². The van der Waals surface area contributed by atoms with E-state index in [1.165, 1.54) is 6.42 Å². The fourth-order valence-corrected chi connectivity index (χ4v) is 1.77. The van der Waals surface area contributed by atoms with Crippen LogP contribution in [-0.2, 0) is 0 Å². The Hall–Kier alpha value is -1.29. The van der Waals surface area contributed by atoms with Gasteiger partial charge in [-0.2, -0.15) is 5.10 Å². The monoisotopic (exact) mass is 251 g/mol. The number of rotatable bonds is 8. The van der Waals surface area contributed by atoms with Gasteiger partial charge in [0.15, 0.2) is 5.75 Å². The molecule has 0 amide bonds. The Morgan fingerprint density at radius 1 is 1.44 bits per heavy atom. The van der Waals surface area contributed by atoms with Crippen molar-refractivity contribution in [2.24, 2.45) is 0 Å². The zero-order valence-electron chi connectivity index (χ0n) is 11.9. The number of methoxy groups -OCH3 is 1. The third-order valence-corrected chi connectivity index (χ3v) is 2.70. The molecular formula is C14H25N3O. The fourth-order valence-electron chi connectivity index (χ4n) is 1.77. The van der Waals surface area contributed by atoms with Gasteiger partial charge in [0.2, 0.25) is 0 Å². The molecule has 0 aliphatic heterocycles. The summed E-state index contributed by atoms with van der Waals surface area (Å²) in [5, 5.41) is 7.72. The summed E-state index contributed by atoms with van der Waals surface area (Å²) in [5.74, 6) is 0.835. The molecule has 0 saturated carbocycles. The van der Waals surface area contributed by atoms with Crippen molar-refractivity contribution in [1.82, 2.24) is 15.1 Å². The second-order valence-corrected chi connectivity index (χ2v) is 4.58. The maximum atomic E-state index is 5.32. The Bertz CT molecular complexity index is 369. The van der Waals surface area contributed by atoms with E-state index in [9.17, 15) is 0 Å². The summed E-state index contributed by atoms with van der Waals surface area (Å²) in [6, 6.07) is 0.340. The standard InChI is InChI=1S/C14H25N3O/c1-5-9-15-10-7-6-8-13-14(18-4)11-16-17(13)12(2)3/h6,8,11-12,15H,5,7,9-10H2,1-4H3/b8-6+. The maximum Gasteiger partial charge on any atom is 0.164 e. The van der Waals surface area contributed by atoms with Crippen molar-refractivity contribution in [2.45, 2.75) is 39.7 Å². The van der Waals surface area contributed by atoms with Crippen molar-refractivity contribution in [1.29, 1.82) is 0 Å². The van der Waals surface area contributed by atoms with E-state index in [2.05, 4.69) is 43.3 Å². The Morgan fingerprint density at radius 3 is 2.83 bits per heavy atom. The predicted molar refractivity (Wildman–Crippen MR) is 76.0 cm³/mol. The summed E-state index contributed by atoms with van der Waals surface area (Å²) >= 11 is 0. The smallest absolute Gasteiger partial charge is 0.164 e. The van der Waals surface area contributed by atoms with Gasteiger partial charge in [-0.15, -0.1) is 0 Å². The summed E-state index contributed by atoms with van der Waals surface area (Å²) in [6.45, 7) is 8.51. The predicted octanol–water partition coefficient (Wildman–Crippen LogP) is 2.88. The van der Waals surface area contributed by atoms with Gasteiger partial charge in [0.25, 0.3) is 0 Å². The summed E-state index contributed by atoms with van der Waals surface area (Å²) in [5.41, 5.74) is 1.04. The lowest BCUT2D eigenvalue weighted by Crippen LogP contribution is -2.15. The van der Waals surface area contributed by atoms with Crippen molar-refractivity contribution in [3.8, 4) is 5.75 Å². The molecule has 0 fully saturated rings.